The molecule has 0 bridgehead atoms. The monoisotopic (exact) mass is 369 g/mol. The van der Waals surface area contributed by atoms with E-state index in [9.17, 15) is 4.79 Å². The van der Waals surface area contributed by atoms with E-state index in [1.165, 1.54) is 0 Å². The van der Waals surface area contributed by atoms with Gasteiger partial charge in [-0.1, -0.05) is 33.4 Å². The Balaban J connectivity index is 0.00000261. The quantitative estimate of drug-likeness (QED) is 0.746. The molecule has 1 aliphatic heterocycles. The van der Waals surface area contributed by atoms with E-state index >= 15 is 0 Å². The van der Waals surface area contributed by atoms with Gasteiger partial charge in [-0.15, -0.1) is 0 Å². The Kier molecular flexibility index (Phi) is 7.25. The Labute approximate surface area is 162 Å². The lowest BCUT2D eigenvalue weighted by atomic mass is 10.2. The summed E-state index contributed by atoms with van der Waals surface area (Å²) in [6, 6.07) is 14.5. The van der Waals surface area contributed by atoms with Crippen molar-refractivity contribution in [3.63, 3.8) is 0 Å². The zero-order chi connectivity index (χ0) is 18.5. The maximum Gasteiger partial charge on any atom is 0.255 e. The third kappa shape index (κ3) is 5.73. The molecular formula is C22H31N3O2. The van der Waals surface area contributed by atoms with Crippen LogP contribution in [0.3, 0.4) is 0 Å². The van der Waals surface area contributed by atoms with E-state index in [4.69, 9.17) is 10.5 Å². The maximum absolute atomic E-state index is 12.4. The summed E-state index contributed by atoms with van der Waals surface area (Å²) in [7, 11) is 0. The summed E-state index contributed by atoms with van der Waals surface area (Å²) in [6.45, 7) is 7.64. The average molecular weight is 370 g/mol. The molecule has 0 unspecified atom stereocenters. The highest BCUT2D eigenvalue weighted by Crippen LogP contribution is 2.21. The fourth-order valence-corrected chi connectivity index (χ4v) is 3.26. The molecule has 146 valence electrons. The summed E-state index contributed by atoms with van der Waals surface area (Å²) in [6.07, 6.45) is 1.26. The maximum atomic E-state index is 12.4. The van der Waals surface area contributed by atoms with Crippen molar-refractivity contribution in [1.29, 1.82) is 0 Å². The van der Waals surface area contributed by atoms with Crippen LogP contribution >= 0.6 is 0 Å². The molecule has 0 saturated carbocycles. The molecule has 5 heteroatoms. The molecule has 1 amide bonds. The van der Waals surface area contributed by atoms with Crippen LogP contribution in [0.2, 0.25) is 0 Å². The highest BCUT2D eigenvalue weighted by Gasteiger charge is 2.24. The first-order valence-corrected chi connectivity index (χ1v) is 9.16. The molecule has 3 N–H and O–H groups in total. The number of nitrogens with two attached hydrogens (primary N) is 1. The number of nitrogen functional groups attached to an aromatic ring is 1. The van der Waals surface area contributed by atoms with E-state index in [0.717, 1.165) is 31.8 Å². The number of para-hydroxylation sites is 2. The van der Waals surface area contributed by atoms with Crippen LogP contribution < -0.4 is 15.8 Å². The topological polar surface area (TPSA) is 67.6 Å². The van der Waals surface area contributed by atoms with Crippen LogP contribution in [0, 0.1) is 5.92 Å². The first kappa shape index (κ1) is 20.8. The molecule has 2 aromatic rings. The van der Waals surface area contributed by atoms with Crippen LogP contribution in [0.5, 0.6) is 5.75 Å². The number of carbonyl (C=O) groups excluding carboxylic acids is 1. The van der Waals surface area contributed by atoms with Crippen molar-refractivity contribution >= 4 is 17.3 Å². The molecule has 3 rings (SSSR count). The summed E-state index contributed by atoms with van der Waals surface area (Å²) >= 11 is 0. The molecule has 0 aromatic heterocycles. The molecule has 27 heavy (non-hydrogen) atoms. The molecule has 1 aliphatic rings. The predicted molar refractivity (Wildman–Crippen MR) is 112 cm³/mol. The minimum Gasteiger partial charge on any atom is -0.489 e. The SMILES string of the molecule is C.CC(C)CN1CC[C@H](Oc2ccc(C(=O)Nc3ccccc3N)cc2)C1. The zero-order valence-corrected chi connectivity index (χ0v) is 15.4. The lowest BCUT2D eigenvalue weighted by molar-refractivity contribution is 0.102. The van der Waals surface area contributed by atoms with Crippen molar-refractivity contribution in [2.75, 3.05) is 30.7 Å². The van der Waals surface area contributed by atoms with Crippen LogP contribution in [0.15, 0.2) is 48.5 Å². The number of nitrogens with zero attached hydrogens (tertiary/aromatic N) is 1. The van der Waals surface area contributed by atoms with Gasteiger partial charge in [0, 0.05) is 25.2 Å². The number of likely N-dealkylation sites (tertiary alicyclic amines) is 1. The molecule has 0 radical (unpaired) electrons. The second-order valence-electron chi connectivity index (χ2n) is 7.25. The van der Waals surface area contributed by atoms with E-state index in [1.54, 1.807) is 24.3 Å². The molecule has 1 fully saturated rings. The van der Waals surface area contributed by atoms with E-state index in [2.05, 4.69) is 24.1 Å². The highest BCUT2D eigenvalue weighted by molar-refractivity contribution is 6.05. The Hall–Kier alpha value is -2.53. The van der Waals surface area contributed by atoms with Gasteiger partial charge in [0.2, 0.25) is 0 Å². The van der Waals surface area contributed by atoms with Gasteiger partial charge in [0.25, 0.3) is 5.91 Å². The van der Waals surface area contributed by atoms with E-state index < -0.39 is 0 Å². The standard InChI is InChI=1S/C21H27N3O2.CH4/c1-15(2)13-24-12-11-18(14-24)26-17-9-7-16(8-10-17)21(25)23-20-6-4-3-5-19(20)22;/h3-10,15,18H,11-14,22H2,1-2H3,(H,23,25);1H4/t18-;/m0./s1. The third-order valence-electron chi connectivity index (χ3n) is 4.48. The van der Waals surface area contributed by atoms with Crippen LogP contribution in [0.25, 0.3) is 0 Å². The van der Waals surface area contributed by atoms with Gasteiger partial charge < -0.3 is 15.8 Å². The molecule has 1 atom stereocenters. The van der Waals surface area contributed by atoms with Gasteiger partial charge in [-0.2, -0.15) is 0 Å². The third-order valence-corrected chi connectivity index (χ3v) is 4.48. The number of rotatable bonds is 6. The minimum absolute atomic E-state index is 0. The normalized spacial score (nSPS) is 16.8. The number of amides is 1. The van der Waals surface area contributed by atoms with Crippen LogP contribution in [-0.2, 0) is 0 Å². The number of benzene rings is 2. The molecule has 1 saturated heterocycles. The van der Waals surface area contributed by atoms with E-state index in [0.29, 0.717) is 22.9 Å². The molecule has 5 nitrogen and oxygen atoms in total. The molecular weight excluding hydrogens is 338 g/mol. The first-order chi connectivity index (χ1) is 12.5. The fourth-order valence-electron chi connectivity index (χ4n) is 3.26. The van der Waals surface area contributed by atoms with E-state index in [-0.39, 0.29) is 19.4 Å². The van der Waals surface area contributed by atoms with Crippen molar-refractivity contribution in [2.45, 2.75) is 33.8 Å². The van der Waals surface area contributed by atoms with Gasteiger partial charge in [0.1, 0.15) is 11.9 Å². The molecule has 0 aliphatic carbocycles. The van der Waals surface area contributed by atoms with Gasteiger partial charge in [0.05, 0.1) is 11.4 Å². The average Bonchev–Trinajstić information content (AvgIpc) is 3.03. The van der Waals surface area contributed by atoms with Crippen LogP contribution in [0.1, 0.15) is 38.1 Å². The number of ether oxygens (including phenoxy) is 1. The second kappa shape index (κ2) is 9.42. The van der Waals surface area contributed by atoms with Gasteiger partial charge in [-0.25, -0.2) is 0 Å². The summed E-state index contributed by atoms with van der Waals surface area (Å²) in [4.78, 5) is 14.8. The predicted octanol–water partition coefficient (Wildman–Crippen LogP) is 4.27. The molecule has 0 spiro atoms. The largest absolute Gasteiger partial charge is 0.489 e. The first-order valence-electron chi connectivity index (χ1n) is 9.16. The van der Waals surface area contributed by atoms with Crippen molar-refractivity contribution in [3.05, 3.63) is 54.1 Å². The summed E-state index contributed by atoms with van der Waals surface area (Å²) < 4.78 is 6.07. The summed E-state index contributed by atoms with van der Waals surface area (Å²) in [5.74, 6) is 1.29. The minimum atomic E-state index is -0.182. The number of anilines is 2. The number of carbonyl (C=O) groups is 1. The van der Waals surface area contributed by atoms with Crippen molar-refractivity contribution < 1.29 is 9.53 Å². The smallest absolute Gasteiger partial charge is 0.255 e. The summed E-state index contributed by atoms with van der Waals surface area (Å²) in [5.41, 5.74) is 7.61. The second-order valence-corrected chi connectivity index (χ2v) is 7.25. The van der Waals surface area contributed by atoms with Crippen molar-refractivity contribution in [3.8, 4) is 5.75 Å². The van der Waals surface area contributed by atoms with Gasteiger partial charge >= 0.3 is 0 Å². The van der Waals surface area contributed by atoms with Gasteiger partial charge in [-0.3, -0.25) is 9.69 Å². The lowest BCUT2D eigenvalue weighted by Crippen LogP contribution is -2.28. The Morgan fingerprint density at radius 1 is 1.22 bits per heavy atom. The highest BCUT2D eigenvalue weighted by atomic mass is 16.5. The van der Waals surface area contributed by atoms with Gasteiger partial charge in [-0.05, 0) is 48.7 Å². The number of hydrogen-bond acceptors (Lipinski definition) is 4. The lowest BCUT2D eigenvalue weighted by Gasteiger charge is -2.18. The summed E-state index contributed by atoms with van der Waals surface area (Å²) in [5, 5.41) is 2.83. The Bertz CT molecular complexity index is 743. The van der Waals surface area contributed by atoms with Gasteiger partial charge in [0.15, 0.2) is 0 Å². The fraction of sp³-hybridized carbons (Fsp3) is 0.409. The molecule has 1 heterocycles. The Morgan fingerprint density at radius 2 is 1.93 bits per heavy atom. The number of nitrogens with one attached hydrogen (secondary N) is 1. The van der Waals surface area contributed by atoms with Crippen molar-refractivity contribution in [2.24, 2.45) is 5.92 Å². The number of hydrogen-bond donors (Lipinski definition) is 2. The van der Waals surface area contributed by atoms with Crippen LogP contribution in [-0.4, -0.2) is 36.5 Å². The molecule has 2 aromatic carbocycles. The van der Waals surface area contributed by atoms with Crippen LogP contribution in [0.4, 0.5) is 11.4 Å². The Morgan fingerprint density at radius 3 is 2.59 bits per heavy atom. The zero-order valence-electron chi connectivity index (χ0n) is 15.4. The van der Waals surface area contributed by atoms with E-state index in [1.807, 2.05) is 24.3 Å². The van der Waals surface area contributed by atoms with Crippen molar-refractivity contribution in [1.82, 2.24) is 4.90 Å².